The second kappa shape index (κ2) is 7.31. The number of aromatic nitrogens is 1. The van der Waals surface area contributed by atoms with Crippen LogP contribution in [-0.4, -0.2) is 21.8 Å². The van der Waals surface area contributed by atoms with Gasteiger partial charge in [-0.05, 0) is 42.8 Å². The molecule has 1 fully saturated rings. The highest BCUT2D eigenvalue weighted by Gasteiger charge is 2.47. The second-order valence-electron chi connectivity index (χ2n) is 6.80. The Morgan fingerprint density at radius 2 is 1.76 bits per heavy atom. The number of carbonyl (C=O) groups excluding carboxylic acids is 2. The predicted octanol–water partition coefficient (Wildman–Crippen LogP) is 4.16. The van der Waals surface area contributed by atoms with E-state index in [4.69, 9.17) is 0 Å². The van der Waals surface area contributed by atoms with Gasteiger partial charge in [-0.2, -0.15) is 0 Å². The van der Waals surface area contributed by atoms with Crippen LogP contribution in [0.1, 0.15) is 22.7 Å². The number of aliphatic hydroxyl groups excluding tert-OH is 1. The normalized spacial score (nSPS) is 18.3. The first-order chi connectivity index (χ1) is 14.0. The summed E-state index contributed by atoms with van der Waals surface area (Å²) in [7, 11) is 0. The molecule has 0 spiro atoms. The molecule has 2 aromatic carbocycles. The van der Waals surface area contributed by atoms with E-state index in [0.717, 1.165) is 5.56 Å². The number of carbonyl (C=O) groups is 2. The summed E-state index contributed by atoms with van der Waals surface area (Å²) in [6.07, 6.45) is 2.97. The first-order valence-corrected chi connectivity index (χ1v) is 9.01. The number of ketones is 1. The number of pyridine rings is 1. The molecular weight excluding hydrogens is 371 g/mol. The molecule has 1 amide bonds. The first-order valence-electron chi connectivity index (χ1n) is 9.01. The number of benzene rings is 2. The van der Waals surface area contributed by atoms with Crippen LogP contribution in [0, 0.1) is 12.7 Å². The van der Waals surface area contributed by atoms with Gasteiger partial charge >= 0.3 is 0 Å². The fourth-order valence-corrected chi connectivity index (χ4v) is 3.55. The third kappa shape index (κ3) is 3.29. The van der Waals surface area contributed by atoms with E-state index in [9.17, 15) is 19.1 Å². The topological polar surface area (TPSA) is 70.5 Å². The van der Waals surface area contributed by atoms with Gasteiger partial charge in [0.2, 0.25) is 0 Å². The molecule has 1 atom stereocenters. The van der Waals surface area contributed by atoms with E-state index >= 15 is 0 Å². The average molecular weight is 388 g/mol. The molecule has 0 saturated carbocycles. The zero-order valence-corrected chi connectivity index (χ0v) is 15.5. The van der Waals surface area contributed by atoms with Crippen LogP contribution < -0.4 is 4.90 Å². The van der Waals surface area contributed by atoms with Gasteiger partial charge in [-0.1, -0.05) is 35.9 Å². The maximum atomic E-state index is 13.9. The standard InChI is InChI=1S/C23H17FN2O3/c1-14-4-2-5-16(12-14)20-19(21(27)15-8-10-25-11-9-15)22(28)23(29)26(20)18-7-3-6-17(24)13-18/h2-13,20,27H,1H3/b21-19+. The highest BCUT2D eigenvalue weighted by molar-refractivity contribution is 6.51. The lowest BCUT2D eigenvalue weighted by Gasteiger charge is -2.25. The van der Waals surface area contributed by atoms with Crippen molar-refractivity contribution in [3.05, 3.63) is 101 Å². The molecule has 1 saturated heterocycles. The summed E-state index contributed by atoms with van der Waals surface area (Å²) in [6, 6.07) is 15.0. The summed E-state index contributed by atoms with van der Waals surface area (Å²) < 4.78 is 13.9. The number of hydrogen-bond donors (Lipinski definition) is 1. The Labute approximate surface area is 166 Å². The van der Waals surface area contributed by atoms with E-state index in [-0.39, 0.29) is 17.0 Å². The third-order valence-electron chi connectivity index (χ3n) is 4.84. The second-order valence-corrected chi connectivity index (χ2v) is 6.80. The van der Waals surface area contributed by atoms with Crippen LogP contribution in [0.25, 0.3) is 5.76 Å². The molecule has 1 N–H and O–H groups in total. The lowest BCUT2D eigenvalue weighted by molar-refractivity contribution is -0.132. The highest BCUT2D eigenvalue weighted by Crippen LogP contribution is 2.42. The largest absolute Gasteiger partial charge is 0.507 e. The van der Waals surface area contributed by atoms with Crippen molar-refractivity contribution >= 4 is 23.1 Å². The minimum atomic E-state index is -0.884. The van der Waals surface area contributed by atoms with Gasteiger partial charge in [-0.15, -0.1) is 0 Å². The third-order valence-corrected chi connectivity index (χ3v) is 4.84. The van der Waals surface area contributed by atoms with Gasteiger partial charge in [0.15, 0.2) is 0 Å². The Bertz CT molecular complexity index is 1140. The van der Waals surface area contributed by atoms with Crippen LogP contribution in [0.3, 0.4) is 0 Å². The lowest BCUT2D eigenvalue weighted by Crippen LogP contribution is -2.29. The average Bonchev–Trinajstić information content (AvgIpc) is 2.99. The maximum absolute atomic E-state index is 13.9. The number of Topliss-reactive ketones (excluding diaryl/α,β-unsaturated/α-hetero) is 1. The number of amides is 1. The molecule has 4 rings (SSSR count). The molecular formula is C23H17FN2O3. The molecule has 0 radical (unpaired) electrons. The van der Waals surface area contributed by atoms with Crippen LogP contribution in [0.4, 0.5) is 10.1 Å². The summed E-state index contributed by atoms with van der Waals surface area (Å²) in [6.45, 7) is 1.89. The van der Waals surface area contributed by atoms with Gasteiger partial charge in [0.25, 0.3) is 11.7 Å². The van der Waals surface area contributed by atoms with Crippen LogP contribution >= 0.6 is 0 Å². The molecule has 144 valence electrons. The van der Waals surface area contributed by atoms with Crippen molar-refractivity contribution in [1.29, 1.82) is 0 Å². The van der Waals surface area contributed by atoms with Crippen LogP contribution in [0.15, 0.2) is 78.6 Å². The summed E-state index contributed by atoms with van der Waals surface area (Å²) in [5.41, 5.74) is 2.14. The molecule has 1 aliphatic heterocycles. The van der Waals surface area contributed by atoms with Gasteiger partial charge in [0.1, 0.15) is 11.6 Å². The van der Waals surface area contributed by atoms with Gasteiger partial charge < -0.3 is 5.11 Å². The lowest BCUT2D eigenvalue weighted by atomic mass is 9.94. The zero-order chi connectivity index (χ0) is 20.5. The number of aryl methyl sites for hydroxylation is 1. The molecule has 1 unspecified atom stereocenters. The molecule has 0 bridgehead atoms. The Morgan fingerprint density at radius 1 is 1.03 bits per heavy atom. The van der Waals surface area contributed by atoms with Crippen molar-refractivity contribution in [3.63, 3.8) is 0 Å². The molecule has 1 aliphatic rings. The highest BCUT2D eigenvalue weighted by atomic mass is 19.1. The smallest absolute Gasteiger partial charge is 0.300 e. The van der Waals surface area contributed by atoms with E-state index in [0.29, 0.717) is 11.1 Å². The van der Waals surface area contributed by atoms with E-state index < -0.39 is 23.5 Å². The van der Waals surface area contributed by atoms with Gasteiger partial charge in [0.05, 0.1) is 11.6 Å². The first kappa shape index (κ1) is 18.6. The van der Waals surface area contributed by atoms with E-state index in [1.165, 1.54) is 35.5 Å². The molecule has 5 nitrogen and oxygen atoms in total. The van der Waals surface area contributed by atoms with Crippen LogP contribution in [0.5, 0.6) is 0 Å². The monoisotopic (exact) mass is 388 g/mol. The summed E-state index contributed by atoms with van der Waals surface area (Å²) >= 11 is 0. The van der Waals surface area contributed by atoms with Crippen molar-refractivity contribution in [2.45, 2.75) is 13.0 Å². The number of anilines is 1. The van der Waals surface area contributed by atoms with E-state index in [1.54, 1.807) is 24.3 Å². The molecule has 1 aromatic heterocycles. The summed E-state index contributed by atoms with van der Waals surface area (Å²) in [5, 5.41) is 10.9. The predicted molar refractivity (Wildman–Crippen MR) is 107 cm³/mol. The van der Waals surface area contributed by atoms with E-state index in [1.807, 2.05) is 25.1 Å². The van der Waals surface area contributed by atoms with Crippen molar-refractivity contribution < 1.29 is 19.1 Å². The maximum Gasteiger partial charge on any atom is 0.300 e. The fourth-order valence-electron chi connectivity index (χ4n) is 3.55. The molecule has 6 heteroatoms. The van der Waals surface area contributed by atoms with Crippen molar-refractivity contribution in [1.82, 2.24) is 4.98 Å². The number of hydrogen-bond acceptors (Lipinski definition) is 4. The fraction of sp³-hybridized carbons (Fsp3) is 0.0870. The van der Waals surface area contributed by atoms with Crippen molar-refractivity contribution in [2.75, 3.05) is 4.90 Å². The Hall–Kier alpha value is -3.80. The number of halogens is 1. The van der Waals surface area contributed by atoms with Crippen LogP contribution in [-0.2, 0) is 9.59 Å². The molecule has 0 aliphatic carbocycles. The molecule has 2 heterocycles. The number of rotatable bonds is 3. The van der Waals surface area contributed by atoms with Crippen molar-refractivity contribution in [2.24, 2.45) is 0 Å². The van der Waals surface area contributed by atoms with Gasteiger partial charge in [0, 0.05) is 23.6 Å². The van der Waals surface area contributed by atoms with Crippen molar-refractivity contribution in [3.8, 4) is 0 Å². The minimum absolute atomic E-state index is 0.0453. The number of aliphatic hydroxyl groups is 1. The Morgan fingerprint density at radius 3 is 2.45 bits per heavy atom. The zero-order valence-electron chi connectivity index (χ0n) is 15.5. The van der Waals surface area contributed by atoms with Crippen LogP contribution in [0.2, 0.25) is 0 Å². The van der Waals surface area contributed by atoms with Gasteiger partial charge in [-0.3, -0.25) is 19.5 Å². The summed E-state index contributed by atoms with van der Waals surface area (Å²) in [5.74, 6) is -2.47. The Balaban J connectivity index is 1.97. The summed E-state index contributed by atoms with van der Waals surface area (Å²) in [4.78, 5) is 31.0. The SMILES string of the molecule is Cc1cccc(C2/C(=C(\O)c3ccncc3)C(=O)C(=O)N2c2cccc(F)c2)c1. The number of nitrogens with zero attached hydrogens (tertiary/aromatic N) is 2. The quantitative estimate of drug-likeness (QED) is 0.416. The molecule has 29 heavy (non-hydrogen) atoms. The Kier molecular flexibility index (Phi) is 4.68. The van der Waals surface area contributed by atoms with E-state index in [2.05, 4.69) is 4.98 Å². The minimum Gasteiger partial charge on any atom is -0.507 e. The van der Waals surface area contributed by atoms with Gasteiger partial charge in [-0.25, -0.2) is 4.39 Å². The molecule has 3 aromatic rings.